The van der Waals surface area contributed by atoms with Gasteiger partial charge in [-0.05, 0) is 0 Å². The van der Waals surface area contributed by atoms with Crippen molar-refractivity contribution in [1.82, 2.24) is 0 Å². The quantitative estimate of drug-likeness (QED) is 0.500. The summed E-state index contributed by atoms with van der Waals surface area (Å²) in [5.41, 5.74) is 0.627. The SMILES string of the molecule is O=[C](c1ccccc1)[Ge]([c]1ccco1)([c]1ccco1)[c]1ccco1. The molecule has 4 nitrogen and oxygen atoms in total. The molecule has 5 heteroatoms. The summed E-state index contributed by atoms with van der Waals surface area (Å²) in [7, 11) is 0. The van der Waals surface area contributed by atoms with Crippen molar-refractivity contribution in [3.63, 3.8) is 0 Å². The fraction of sp³-hybridized carbons (Fsp3) is 0. The van der Waals surface area contributed by atoms with E-state index in [9.17, 15) is 4.79 Å². The van der Waals surface area contributed by atoms with Gasteiger partial charge in [-0.1, -0.05) is 0 Å². The summed E-state index contributed by atoms with van der Waals surface area (Å²) in [5, 5.41) is 0. The summed E-state index contributed by atoms with van der Waals surface area (Å²) in [6.45, 7) is 0. The molecule has 4 rings (SSSR count). The van der Waals surface area contributed by atoms with Crippen LogP contribution in [0, 0.1) is 0 Å². The van der Waals surface area contributed by atoms with Crippen molar-refractivity contribution in [2.24, 2.45) is 0 Å². The predicted octanol–water partition coefficient (Wildman–Crippen LogP) is 2.36. The average molecular weight is 379 g/mol. The first-order valence-electron chi connectivity index (χ1n) is 7.55. The van der Waals surface area contributed by atoms with E-state index in [0.717, 1.165) is 0 Å². The maximum absolute atomic E-state index is 13.7. The minimum atomic E-state index is -3.93. The monoisotopic (exact) mass is 380 g/mol. The van der Waals surface area contributed by atoms with Crippen molar-refractivity contribution in [1.29, 1.82) is 0 Å². The second-order valence-electron chi connectivity index (χ2n) is 5.38. The first kappa shape index (κ1) is 14.8. The van der Waals surface area contributed by atoms with Crippen LogP contribution in [0.3, 0.4) is 0 Å². The third-order valence-corrected chi connectivity index (χ3v) is 12.5. The fourth-order valence-corrected chi connectivity index (χ4v) is 10.9. The Labute approximate surface area is 141 Å². The van der Waals surface area contributed by atoms with Crippen LogP contribution in [0.2, 0.25) is 0 Å². The van der Waals surface area contributed by atoms with Crippen LogP contribution in [0.15, 0.2) is 98.8 Å². The Morgan fingerprint density at radius 2 is 1.08 bits per heavy atom. The van der Waals surface area contributed by atoms with Gasteiger partial charge < -0.3 is 0 Å². The number of hydrogen-bond acceptors (Lipinski definition) is 4. The van der Waals surface area contributed by atoms with Crippen LogP contribution in [0.1, 0.15) is 10.4 Å². The number of benzene rings is 1. The van der Waals surface area contributed by atoms with Crippen molar-refractivity contribution >= 4 is 31.7 Å². The van der Waals surface area contributed by atoms with Gasteiger partial charge in [0, 0.05) is 0 Å². The van der Waals surface area contributed by atoms with E-state index >= 15 is 0 Å². The Kier molecular flexibility index (Phi) is 3.74. The van der Waals surface area contributed by atoms with Crippen molar-refractivity contribution in [2.75, 3.05) is 0 Å². The molecule has 0 saturated heterocycles. The Balaban J connectivity index is 2.04. The van der Waals surface area contributed by atoms with Gasteiger partial charge in [0.2, 0.25) is 0 Å². The van der Waals surface area contributed by atoms with Crippen molar-refractivity contribution < 1.29 is 18.0 Å². The van der Waals surface area contributed by atoms with Crippen LogP contribution >= 0.6 is 0 Å². The Morgan fingerprint density at radius 1 is 0.625 bits per heavy atom. The summed E-state index contributed by atoms with van der Waals surface area (Å²) < 4.78 is 19.1. The number of rotatable bonds is 5. The first-order chi connectivity index (χ1) is 11.8. The van der Waals surface area contributed by atoms with Crippen LogP contribution in [0.4, 0.5) is 0 Å². The molecule has 3 heterocycles. The molecular weight excluding hydrogens is 365 g/mol. The van der Waals surface area contributed by atoms with Gasteiger partial charge in [-0.15, -0.1) is 0 Å². The van der Waals surface area contributed by atoms with Gasteiger partial charge in [-0.3, -0.25) is 0 Å². The number of furan rings is 3. The topological polar surface area (TPSA) is 56.5 Å². The number of hydrogen-bond donors (Lipinski definition) is 0. The third kappa shape index (κ3) is 2.18. The molecule has 118 valence electrons. The Hall–Kier alpha value is -2.73. The van der Waals surface area contributed by atoms with E-state index < -0.39 is 13.3 Å². The van der Waals surface area contributed by atoms with Gasteiger partial charge in [0.05, 0.1) is 0 Å². The van der Waals surface area contributed by atoms with Gasteiger partial charge in [0.15, 0.2) is 0 Å². The van der Waals surface area contributed by atoms with E-state index in [4.69, 9.17) is 13.3 Å². The van der Waals surface area contributed by atoms with Gasteiger partial charge in [0.1, 0.15) is 0 Å². The van der Waals surface area contributed by atoms with E-state index in [-0.39, 0.29) is 4.62 Å². The van der Waals surface area contributed by atoms with E-state index in [2.05, 4.69) is 0 Å². The zero-order valence-corrected chi connectivity index (χ0v) is 14.8. The number of carbonyl (C=O) groups is 1. The summed E-state index contributed by atoms with van der Waals surface area (Å²) in [6, 6.07) is 20.1. The molecule has 0 atom stereocenters. The van der Waals surface area contributed by atoms with Crippen LogP contribution in [-0.2, 0) is 0 Å². The van der Waals surface area contributed by atoms with Crippen LogP contribution in [-0.4, -0.2) is 17.9 Å². The number of carbonyl (C=O) groups excluding carboxylic acids is 1. The van der Waals surface area contributed by atoms with Gasteiger partial charge >= 0.3 is 141 Å². The molecule has 0 unspecified atom stereocenters. The maximum atomic E-state index is 13.7. The molecule has 0 radical (unpaired) electrons. The van der Waals surface area contributed by atoms with Gasteiger partial charge in [-0.2, -0.15) is 0 Å². The zero-order chi connectivity index (χ0) is 16.4. The molecule has 0 aliphatic heterocycles. The Bertz CT molecular complexity index is 823. The van der Waals surface area contributed by atoms with Crippen LogP contribution in [0.25, 0.3) is 0 Å². The van der Waals surface area contributed by atoms with E-state index in [1.54, 1.807) is 37.0 Å². The molecule has 24 heavy (non-hydrogen) atoms. The van der Waals surface area contributed by atoms with Crippen molar-refractivity contribution in [2.45, 2.75) is 0 Å². The molecule has 0 aliphatic rings. The molecule has 0 amide bonds. The first-order valence-corrected chi connectivity index (χ1v) is 11.7. The standard InChI is InChI=1S/C19H14GeO4/c21-19(15-7-2-1-3-8-15)20(16-9-4-12-22-16,17-10-5-13-23-17)18-11-6-14-24-18/h1-14H. The molecule has 0 fully saturated rings. The molecule has 0 aliphatic carbocycles. The molecule has 1 aromatic carbocycles. The summed E-state index contributed by atoms with van der Waals surface area (Å²) in [4.78, 5) is 13.7. The van der Waals surface area contributed by atoms with Gasteiger partial charge in [-0.25, -0.2) is 0 Å². The van der Waals surface area contributed by atoms with Crippen molar-refractivity contribution in [3.05, 3.63) is 91.1 Å². The third-order valence-electron chi connectivity index (χ3n) is 4.05. The summed E-state index contributed by atoms with van der Waals surface area (Å²) in [5.74, 6) is 0. The second kappa shape index (κ2) is 6.05. The summed E-state index contributed by atoms with van der Waals surface area (Å²) in [6.07, 6.45) is 4.75. The summed E-state index contributed by atoms with van der Waals surface area (Å²) >= 11 is -3.93. The van der Waals surface area contributed by atoms with Crippen molar-refractivity contribution in [3.8, 4) is 0 Å². The normalized spacial score (nSPS) is 11.5. The molecule has 4 aromatic rings. The van der Waals surface area contributed by atoms with E-state index in [0.29, 0.717) is 19.3 Å². The molecular formula is C19H14GeO4. The fourth-order valence-electron chi connectivity index (χ4n) is 2.98. The van der Waals surface area contributed by atoms with Gasteiger partial charge in [0.25, 0.3) is 0 Å². The Morgan fingerprint density at radius 3 is 1.46 bits per heavy atom. The van der Waals surface area contributed by atoms with Crippen LogP contribution in [0.5, 0.6) is 0 Å². The molecule has 0 bridgehead atoms. The molecule has 0 N–H and O–H groups in total. The predicted molar refractivity (Wildman–Crippen MR) is 91.6 cm³/mol. The molecule has 0 spiro atoms. The second-order valence-corrected chi connectivity index (χ2v) is 12.6. The molecule has 0 saturated carbocycles. The van der Waals surface area contributed by atoms with E-state index in [1.807, 2.05) is 48.5 Å². The van der Waals surface area contributed by atoms with Crippen LogP contribution < -0.4 is 13.8 Å². The van der Waals surface area contributed by atoms with E-state index in [1.165, 1.54) is 0 Å². The molecule has 3 aromatic heterocycles. The minimum absolute atomic E-state index is 0.00968. The average Bonchev–Trinajstić information content (AvgIpc) is 3.40. The zero-order valence-electron chi connectivity index (χ0n) is 12.7.